The summed E-state index contributed by atoms with van der Waals surface area (Å²) in [6.07, 6.45) is 57.3. The lowest BCUT2D eigenvalue weighted by atomic mass is 9.99. The minimum absolute atomic E-state index is 0.302. The van der Waals surface area contributed by atoms with Crippen molar-refractivity contribution in [1.29, 1.82) is 0 Å². The number of rotatable bonds is 55. The molecule has 0 aliphatic carbocycles. The van der Waals surface area contributed by atoms with E-state index in [2.05, 4.69) is 31.3 Å². The van der Waals surface area contributed by atoms with Crippen molar-refractivity contribution < 1.29 is 44.9 Å². The third-order valence-corrected chi connectivity index (χ3v) is 15.4. The molecule has 0 spiro atoms. The van der Waals surface area contributed by atoms with Gasteiger partial charge < -0.3 is 45.4 Å². The van der Waals surface area contributed by atoms with Crippen molar-refractivity contribution in [1.82, 2.24) is 5.32 Å². The van der Waals surface area contributed by atoms with Gasteiger partial charge in [-0.3, -0.25) is 4.79 Å². The van der Waals surface area contributed by atoms with Crippen LogP contribution in [0.5, 0.6) is 0 Å². The smallest absolute Gasteiger partial charge is 0.249 e. The van der Waals surface area contributed by atoms with Crippen LogP contribution >= 0.6 is 0 Å². The monoisotopic (exact) mass is 1040 g/mol. The molecule has 10 heteroatoms. The van der Waals surface area contributed by atoms with Crippen molar-refractivity contribution in [3.05, 3.63) is 24.3 Å². The second-order valence-electron chi connectivity index (χ2n) is 22.3. The number of allylic oxidation sites excluding steroid dienone is 3. The van der Waals surface area contributed by atoms with E-state index in [0.29, 0.717) is 6.42 Å². The molecule has 0 aromatic rings. The minimum atomic E-state index is -1.61. The topological polar surface area (TPSA) is 169 Å². The van der Waals surface area contributed by atoms with Crippen LogP contribution in [0.25, 0.3) is 0 Å². The summed E-state index contributed by atoms with van der Waals surface area (Å²) in [6, 6.07) is -0.978. The fraction of sp³-hybridized carbons (Fsp3) is 0.921. The van der Waals surface area contributed by atoms with Crippen LogP contribution < -0.4 is 5.32 Å². The Labute approximate surface area is 450 Å². The molecule has 0 radical (unpaired) electrons. The van der Waals surface area contributed by atoms with Crippen molar-refractivity contribution in [2.45, 2.75) is 358 Å². The number of carbonyl (C=O) groups excluding carboxylic acids is 1. The Morgan fingerprint density at radius 3 is 1.15 bits per heavy atom. The number of aliphatic hydroxyl groups excluding tert-OH is 6. The molecule has 1 saturated heterocycles. The van der Waals surface area contributed by atoms with E-state index in [1.54, 1.807) is 6.08 Å². The molecule has 10 nitrogen and oxygen atoms in total. The first-order chi connectivity index (χ1) is 35.8. The molecule has 0 saturated carbocycles. The van der Waals surface area contributed by atoms with Gasteiger partial charge in [0.05, 0.1) is 25.4 Å². The van der Waals surface area contributed by atoms with E-state index in [1.165, 1.54) is 244 Å². The highest BCUT2D eigenvalue weighted by Gasteiger charge is 2.44. The maximum atomic E-state index is 13.2. The predicted molar refractivity (Wildman–Crippen MR) is 306 cm³/mol. The highest BCUT2D eigenvalue weighted by Crippen LogP contribution is 2.23. The lowest BCUT2D eigenvalue weighted by Gasteiger charge is -2.40. The summed E-state index contributed by atoms with van der Waals surface area (Å²) >= 11 is 0. The number of aliphatic hydroxyl groups is 6. The van der Waals surface area contributed by atoms with Crippen LogP contribution in [0.15, 0.2) is 24.3 Å². The summed E-state index contributed by atoms with van der Waals surface area (Å²) in [6.45, 7) is 3.65. The van der Waals surface area contributed by atoms with Gasteiger partial charge in [-0.2, -0.15) is 0 Å². The van der Waals surface area contributed by atoms with Crippen LogP contribution in [-0.2, 0) is 14.3 Å². The largest absolute Gasteiger partial charge is 0.394 e. The second-order valence-corrected chi connectivity index (χ2v) is 22.3. The average Bonchev–Trinajstić information content (AvgIpc) is 3.39. The zero-order chi connectivity index (χ0) is 53.1. The standard InChI is InChI=1S/C63H121NO9/c1-3-5-7-9-11-13-15-17-19-21-22-23-24-25-26-27-28-29-30-31-32-33-34-35-36-38-40-42-44-46-48-50-52-57(67)62(71)64-55(54-72-63-61(70)60(69)59(68)58(53-65)73-63)56(66)51-49-47-45-43-41-39-37-20-18-16-14-12-10-8-6-4-2/h25-26,49,51,55-61,63,65-70H,3-24,27-48,50,52-54H2,1-2H3,(H,64,71)/b26-25-,51-49+. The molecule has 1 rings (SSSR count). The number of hydrogen-bond donors (Lipinski definition) is 7. The molecular weight excluding hydrogens is 915 g/mol. The van der Waals surface area contributed by atoms with Crippen molar-refractivity contribution in [3.8, 4) is 0 Å². The molecule has 1 aliphatic heterocycles. The van der Waals surface area contributed by atoms with Crippen LogP contribution in [0.3, 0.4) is 0 Å². The lowest BCUT2D eigenvalue weighted by molar-refractivity contribution is -0.302. The van der Waals surface area contributed by atoms with Crippen LogP contribution in [0.2, 0.25) is 0 Å². The number of nitrogens with one attached hydrogen (secondary N) is 1. The number of hydrogen-bond acceptors (Lipinski definition) is 9. The second kappa shape index (κ2) is 52.7. The van der Waals surface area contributed by atoms with Crippen molar-refractivity contribution in [2.24, 2.45) is 0 Å². The van der Waals surface area contributed by atoms with Gasteiger partial charge in [-0.25, -0.2) is 0 Å². The molecule has 1 amide bonds. The van der Waals surface area contributed by atoms with Gasteiger partial charge >= 0.3 is 0 Å². The SMILES string of the molecule is CCCCCCCCCCCCCC/C=C\CCCCCCCCCCCCCCCCCCC(O)C(=O)NC(COC1OC(CO)C(O)C(O)C1O)C(O)/C=C/CCCCCCCCCCCCCCCC. The Bertz CT molecular complexity index is 1220. The van der Waals surface area contributed by atoms with Gasteiger partial charge in [0.25, 0.3) is 0 Å². The molecule has 0 aromatic carbocycles. The zero-order valence-corrected chi connectivity index (χ0v) is 47.8. The van der Waals surface area contributed by atoms with Gasteiger partial charge in [0.15, 0.2) is 6.29 Å². The fourth-order valence-electron chi connectivity index (χ4n) is 10.3. The van der Waals surface area contributed by atoms with E-state index in [9.17, 15) is 35.4 Å². The Hall–Kier alpha value is -1.37. The maximum Gasteiger partial charge on any atom is 0.249 e. The summed E-state index contributed by atoms with van der Waals surface area (Å²) in [7, 11) is 0. The summed E-state index contributed by atoms with van der Waals surface area (Å²) < 4.78 is 11.2. The molecule has 0 aromatic heterocycles. The predicted octanol–water partition coefficient (Wildman–Crippen LogP) is 15.1. The van der Waals surface area contributed by atoms with Crippen LogP contribution in [0, 0.1) is 0 Å². The molecule has 8 atom stereocenters. The van der Waals surface area contributed by atoms with Gasteiger partial charge in [-0.15, -0.1) is 0 Å². The molecular formula is C63H121NO9. The number of amides is 1. The summed E-state index contributed by atoms with van der Waals surface area (Å²) in [4.78, 5) is 13.2. The van der Waals surface area contributed by atoms with Gasteiger partial charge in [0.1, 0.15) is 30.5 Å². The highest BCUT2D eigenvalue weighted by molar-refractivity contribution is 5.80. The van der Waals surface area contributed by atoms with Gasteiger partial charge in [-0.05, 0) is 44.9 Å². The first-order valence-electron chi connectivity index (χ1n) is 31.7. The Morgan fingerprint density at radius 1 is 0.466 bits per heavy atom. The Kier molecular flexibility index (Phi) is 50.3. The van der Waals surface area contributed by atoms with Gasteiger partial charge in [-0.1, -0.05) is 289 Å². The van der Waals surface area contributed by atoms with Crippen molar-refractivity contribution in [2.75, 3.05) is 13.2 Å². The summed E-state index contributed by atoms with van der Waals surface area (Å²) in [5.41, 5.74) is 0. The van der Waals surface area contributed by atoms with E-state index < -0.39 is 61.5 Å². The van der Waals surface area contributed by atoms with Crippen LogP contribution in [0.1, 0.15) is 309 Å². The molecule has 0 bridgehead atoms. The van der Waals surface area contributed by atoms with E-state index in [1.807, 2.05) is 6.08 Å². The quantitative estimate of drug-likeness (QED) is 0.0232. The first-order valence-corrected chi connectivity index (χ1v) is 31.7. The van der Waals surface area contributed by atoms with Gasteiger partial charge in [0.2, 0.25) is 5.91 Å². The molecule has 7 N–H and O–H groups in total. The summed E-state index contributed by atoms with van der Waals surface area (Å²) in [5.74, 6) is -0.611. The number of unbranched alkanes of at least 4 members (excludes halogenated alkanes) is 42. The molecule has 1 heterocycles. The van der Waals surface area contributed by atoms with Crippen molar-refractivity contribution >= 4 is 5.91 Å². The molecule has 1 fully saturated rings. The first kappa shape index (κ1) is 69.6. The van der Waals surface area contributed by atoms with E-state index in [4.69, 9.17) is 9.47 Å². The average molecular weight is 1040 g/mol. The third kappa shape index (κ3) is 41.4. The lowest BCUT2D eigenvalue weighted by Crippen LogP contribution is -2.60. The molecule has 432 valence electrons. The molecule has 1 aliphatic rings. The van der Waals surface area contributed by atoms with Gasteiger partial charge in [0, 0.05) is 0 Å². The van der Waals surface area contributed by atoms with Crippen molar-refractivity contribution in [3.63, 3.8) is 0 Å². The Balaban J connectivity index is 2.15. The van der Waals surface area contributed by atoms with E-state index in [-0.39, 0.29) is 6.61 Å². The third-order valence-electron chi connectivity index (χ3n) is 15.4. The maximum absolute atomic E-state index is 13.2. The van der Waals surface area contributed by atoms with E-state index >= 15 is 0 Å². The van der Waals surface area contributed by atoms with Crippen LogP contribution in [-0.4, -0.2) is 98.7 Å². The van der Waals surface area contributed by atoms with E-state index in [0.717, 1.165) is 44.9 Å². The number of ether oxygens (including phenoxy) is 2. The molecule has 8 unspecified atom stereocenters. The van der Waals surface area contributed by atoms with Crippen LogP contribution in [0.4, 0.5) is 0 Å². The minimum Gasteiger partial charge on any atom is -0.394 e. The number of carbonyl (C=O) groups is 1. The summed E-state index contributed by atoms with van der Waals surface area (Å²) in [5, 5.41) is 65.1. The highest BCUT2D eigenvalue weighted by atomic mass is 16.7. The fourth-order valence-corrected chi connectivity index (χ4v) is 10.3. The Morgan fingerprint density at radius 2 is 0.795 bits per heavy atom. The normalized spacial score (nSPS) is 19.6. The molecule has 73 heavy (non-hydrogen) atoms. The zero-order valence-electron chi connectivity index (χ0n) is 47.8.